The summed E-state index contributed by atoms with van der Waals surface area (Å²) in [5.74, 6) is 0.318. The second-order valence-electron chi connectivity index (χ2n) is 6.72. The van der Waals surface area contributed by atoms with E-state index in [0.717, 1.165) is 21.8 Å². The van der Waals surface area contributed by atoms with Crippen molar-refractivity contribution in [3.8, 4) is 0 Å². The van der Waals surface area contributed by atoms with E-state index in [9.17, 15) is 9.59 Å². The van der Waals surface area contributed by atoms with Gasteiger partial charge in [-0.15, -0.1) is 11.8 Å². The summed E-state index contributed by atoms with van der Waals surface area (Å²) < 4.78 is 0. The second kappa shape index (κ2) is 8.92. The Balaban J connectivity index is 1.47. The number of thioether (sulfide) groups is 1. The van der Waals surface area contributed by atoms with Gasteiger partial charge in [0.1, 0.15) is 0 Å². The molecule has 2 heterocycles. The summed E-state index contributed by atoms with van der Waals surface area (Å²) >= 11 is 1.54. The molecule has 1 aliphatic rings. The number of rotatable bonds is 6. The Hall–Kier alpha value is -3.12. The molecule has 1 aromatic heterocycles. The van der Waals surface area contributed by atoms with Gasteiger partial charge in [-0.05, 0) is 29.8 Å². The van der Waals surface area contributed by atoms with E-state index in [0.29, 0.717) is 12.3 Å². The summed E-state index contributed by atoms with van der Waals surface area (Å²) in [4.78, 5) is 32.4. The SMILES string of the molecule is O=C(CCN1C(=O)CSc2ccccc21)NC(c1ccccc1)c1ccccn1. The summed E-state index contributed by atoms with van der Waals surface area (Å²) in [6.07, 6.45) is 1.94. The number of nitrogens with one attached hydrogen (secondary N) is 1. The van der Waals surface area contributed by atoms with Crippen molar-refractivity contribution >= 4 is 29.3 Å². The summed E-state index contributed by atoms with van der Waals surface area (Å²) in [6.45, 7) is 0.353. The summed E-state index contributed by atoms with van der Waals surface area (Å²) in [7, 11) is 0. The van der Waals surface area contributed by atoms with Gasteiger partial charge < -0.3 is 10.2 Å². The van der Waals surface area contributed by atoms with E-state index in [2.05, 4.69) is 10.3 Å². The van der Waals surface area contributed by atoms with Gasteiger partial charge >= 0.3 is 0 Å². The Morgan fingerprint density at radius 3 is 2.59 bits per heavy atom. The Morgan fingerprint density at radius 2 is 1.79 bits per heavy atom. The first kappa shape index (κ1) is 19.2. The lowest BCUT2D eigenvalue weighted by atomic mass is 10.0. The van der Waals surface area contributed by atoms with Crippen LogP contribution in [0.4, 0.5) is 5.69 Å². The van der Waals surface area contributed by atoms with Crippen LogP contribution in [0.15, 0.2) is 83.9 Å². The maximum Gasteiger partial charge on any atom is 0.237 e. The smallest absolute Gasteiger partial charge is 0.237 e. The number of pyridine rings is 1. The minimum Gasteiger partial charge on any atom is -0.344 e. The molecule has 0 spiro atoms. The molecule has 0 radical (unpaired) electrons. The first-order chi connectivity index (χ1) is 14.2. The topological polar surface area (TPSA) is 62.3 Å². The number of para-hydroxylation sites is 1. The van der Waals surface area contributed by atoms with Crippen molar-refractivity contribution in [1.29, 1.82) is 0 Å². The normalized spacial score (nSPS) is 14.2. The fraction of sp³-hybridized carbons (Fsp3) is 0.174. The lowest BCUT2D eigenvalue weighted by Crippen LogP contribution is -2.39. The first-order valence-corrected chi connectivity index (χ1v) is 10.5. The molecule has 0 fully saturated rings. The fourth-order valence-corrected chi connectivity index (χ4v) is 4.30. The average molecular weight is 404 g/mol. The number of aromatic nitrogens is 1. The van der Waals surface area contributed by atoms with Crippen LogP contribution in [-0.4, -0.2) is 29.1 Å². The van der Waals surface area contributed by atoms with E-state index in [-0.39, 0.29) is 24.3 Å². The molecule has 4 rings (SSSR count). The highest BCUT2D eigenvalue weighted by Crippen LogP contribution is 2.34. The third kappa shape index (κ3) is 4.49. The fourth-order valence-electron chi connectivity index (χ4n) is 3.37. The van der Waals surface area contributed by atoms with Crippen LogP contribution >= 0.6 is 11.8 Å². The molecule has 0 saturated carbocycles. The standard InChI is InChI=1S/C23H21N3O2S/c27-21(13-15-26-19-11-4-5-12-20(19)29-16-22(26)28)25-23(17-8-2-1-3-9-17)18-10-6-7-14-24-18/h1-12,14,23H,13,15-16H2,(H,25,27). The van der Waals surface area contributed by atoms with Crippen molar-refractivity contribution in [3.63, 3.8) is 0 Å². The van der Waals surface area contributed by atoms with Gasteiger partial charge in [0.15, 0.2) is 0 Å². The summed E-state index contributed by atoms with van der Waals surface area (Å²) in [5.41, 5.74) is 2.63. The van der Waals surface area contributed by atoms with Gasteiger partial charge in [-0.2, -0.15) is 0 Å². The molecule has 0 bridgehead atoms. The highest BCUT2D eigenvalue weighted by molar-refractivity contribution is 8.00. The van der Waals surface area contributed by atoms with Crippen molar-refractivity contribution in [2.24, 2.45) is 0 Å². The van der Waals surface area contributed by atoms with Crippen LogP contribution in [0.1, 0.15) is 23.7 Å². The van der Waals surface area contributed by atoms with Gasteiger partial charge in [0, 0.05) is 24.1 Å². The van der Waals surface area contributed by atoms with Crippen LogP contribution in [0, 0.1) is 0 Å². The predicted octanol–water partition coefficient (Wildman–Crippen LogP) is 3.82. The lowest BCUT2D eigenvalue weighted by Gasteiger charge is -2.29. The Bertz CT molecular complexity index is 956. The van der Waals surface area contributed by atoms with Gasteiger partial charge in [-0.25, -0.2) is 0 Å². The molecule has 5 nitrogen and oxygen atoms in total. The Kier molecular flexibility index (Phi) is 5.91. The van der Waals surface area contributed by atoms with Gasteiger partial charge in [0.2, 0.25) is 11.8 Å². The Labute approximate surface area is 174 Å². The Morgan fingerprint density at radius 1 is 1.03 bits per heavy atom. The molecule has 6 heteroatoms. The van der Waals surface area contributed by atoms with Crippen molar-refractivity contribution in [3.05, 3.63) is 90.3 Å². The van der Waals surface area contributed by atoms with Gasteiger partial charge in [0.05, 0.1) is 23.2 Å². The average Bonchev–Trinajstić information content (AvgIpc) is 2.78. The molecule has 0 aliphatic carbocycles. The van der Waals surface area contributed by atoms with Crippen LogP contribution in [0.2, 0.25) is 0 Å². The number of hydrogen-bond donors (Lipinski definition) is 1. The molecule has 3 aromatic rings. The van der Waals surface area contributed by atoms with Crippen molar-refractivity contribution < 1.29 is 9.59 Å². The highest BCUT2D eigenvalue weighted by Gasteiger charge is 2.25. The van der Waals surface area contributed by atoms with E-state index in [1.54, 1.807) is 11.1 Å². The minimum atomic E-state index is -0.329. The van der Waals surface area contributed by atoms with Crippen LogP contribution < -0.4 is 10.2 Å². The molecule has 29 heavy (non-hydrogen) atoms. The molecular weight excluding hydrogens is 382 g/mol. The molecule has 2 amide bonds. The zero-order valence-electron chi connectivity index (χ0n) is 15.8. The number of nitrogens with zero attached hydrogens (tertiary/aromatic N) is 2. The molecule has 1 unspecified atom stereocenters. The van der Waals surface area contributed by atoms with Crippen molar-refractivity contribution in [2.45, 2.75) is 17.4 Å². The molecule has 0 saturated heterocycles. The number of carbonyl (C=O) groups excluding carboxylic acids is 2. The molecule has 1 aliphatic heterocycles. The third-order valence-corrected chi connectivity index (χ3v) is 5.84. The zero-order chi connectivity index (χ0) is 20.1. The molecule has 146 valence electrons. The van der Waals surface area contributed by atoms with Crippen LogP contribution in [0.3, 0.4) is 0 Å². The van der Waals surface area contributed by atoms with Gasteiger partial charge in [-0.3, -0.25) is 14.6 Å². The van der Waals surface area contributed by atoms with Gasteiger partial charge in [-0.1, -0.05) is 48.5 Å². The minimum absolute atomic E-state index is 0.0332. The van der Waals surface area contributed by atoms with Crippen LogP contribution in [0.5, 0.6) is 0 Å². The number of fused-ring (bicyclic) bond motifs is 1. The maximum atomic E-state index is 12.8. The molecule has 1 atom stereocenters. The summed E-state index contributed by atoms with van der Waals surface area (Å²) in [5, 5.41) is 3.08. The number of benzene rings is 2. The summed E-state index contributed by atoms with van der Waals surface area (Å²) in [6, 6.07) is 22.9. The van der Waals surface area contributed by atoms with E-state index in [1.165, 1.54) is 11.8 Å². The van der Waals surface area contributed by atoms with E-state index < -0.39 is 0 Å². The van der Waals surface area contributed by atoms with Crippen LogP contribution in [-0.2, 0) is 9.59 Å². The highest BCUT2D eigenvalue weighted by atomic mass is 32.2. The first-order valence-electron chi connectivity index (χ1n) is 9.50. The quantitative estimate of drug-likeness (QED) is 0.680. The van der Waals surface area contributed by atoms with E-state index in [1.807, 2.05) is 72.8 Å². The number of hydrogen-bond acceptors (Lipinski definition) is 4. The van der Waals surface area contributed by atoms with Crippen molar-refractivity contribution in [2.75, 3.05) is 17.2 Å². The molecule has 1 N–H and O–H groups in total. The monoisotopic (exact) mass is 403 g/mol. The number of carbonyl (C=O) groups is 2. The van der Waals surface area contributed by atoms with E-state index in [4.69, 9.17) is 0 Å². The largest absolute Gasteiger partial charge is 0.344 e. The number of anilines is 1. The zero-order valence-corrected chi connectivity index (χ0v) is 16.6. The van der Waals surface area contributed by atoms with Crippen molar-refractivity contribution in [1.82, 2.24) is 10.3 Å². The number of amides is 2. The van der Waals surface area contributed by atoms with E-state index >= 15 is 0 Å². The maximum absolute atomic E-state index is 12.8. The van der Waals surface area contributed by atoms with Crippen LogP contribution in [0.25, 0.3) is 0 Å². The third-order valence-electron chi connectivity index (χ3n) is 4.79. The lowest BCUT2D eigenvalue weighted by molar-refractivity contribution is -0.121. The second-order valence-corrected chi connectivity index (χ2v) is 7.73. The predicted molar refractivity (Wildman–Crippen MR) is 115 cm³/mol. The molecule has 2 aromatic carbocycles. The molecular formula is C23H21N3O2S. The van der Waals surface area contributed by atoms with Gasteiger partial charge in [0.25, 0.3) is 0 Å².